The van der Waals surface area contributed by atoms with Gasteiger partial charge in [0.05, 0.1) is 17.0 Å². The predicted octanol–water partition coefficient (Wildman–Crippen LogP) is 1.46. The molecule has 0 fully saturated rings. The Hall–Kier alpha value is -3.15. The van der Waals surface area contributed by atoms with E-state index >= 15 is 0 Å². The van der Waals surface area contributed by atoms with E-state index in [-0.39, 0.29) is 6.04 Å². The van der Waals surface area contributed by atoms with Crippen molar-refractivity contribution < 1.29 is 14.3 Å². The van der Waals surface area contributed by atoms with E-state index in [4.69, 9.17) is 0 Å². The van der Waals surface area contributed by atoms with Gasteiger partial charge in [-0.1, -0.05) is 30.3 Å². The van der Waals surface area contributed by atoms with E-state index in [1.807, 2.05) is 42.5 Å². The SMILES string of the molecule is [O-]c1c[n+](-c2ccc(C3=NNC(c4ccccc4)C3)cc2)no1. The van der Waals surface area contributed by atoms with Crippen LogP contribution in [0.4, 0.5) is 0 Å². The molecule has 6 nitrogen and oxygen atoms in total. The van der Waals surface area contributed by atoms with Crippen LogP contribution in [0.2, 0.25) is 0 Å². The third kappa shape index (κ3) is 2.66. The maximum absolute atomic E-state index is 11.0. The van der Waals surface area contributed by atoms with Gasteiger partial charge < -0.3 is 15.1 Å². The van der Waals surface area contributed by atoms with Gasteiger partial charge in [0.25, 0.3) is 0 Å². The zero-order valence-electron chi connectivity index (χ0n) is 12.2. The number of hydrogen-bond donors (Lipinski definition) is 1. The molecular formula is C17H14N4O2. The van der Waals surface area contributed by atoms with E-state index in [0.717, 1.165) is 23.4 Å². The Bertz CT molecular complexity index is 841. The number of hydrazone groups is 1. The first-order valence-electron chi connectivity index (χ1n) is 7.33. The molecule has 1 atom stereocenters. The van der Waals surface area contributed by atoms with Gasteiger partial charge in [-0.2, -0.15) is 5.10 Å². The minimum absolute atomic E-state index is 0.207. The highest BCUT2D eigenvalue weighted by atomic mass is 16.6. The van der Waals surface area contributed by atoms with Crippen molar-refractivity contribution in [3.05, 3.63) is 71.9 Å². The van der Waals surface area contributed by atoms with Gasteiger partial charge in [0.1, 0.15) is 5.95 Å². The topological polar surface area (TPSA) is 77.4 Å². The standard InChI is InChI=1S/C17H14N4O2/c22-17-11-21(20-23-17)14-8-6-13(7-9-14)16-10-15(18-19-16)12-4-2-1-3-5-12/h1-9,11,15H,10H2,(H-,18,20,22). The van der Waals surface area contributed by atoms with Gasteiger partial charge in [-0.05, 0) is 27.9 Å². The fourth-order valence-electron chi connectivity index (χ4n) is 2.66. The Morgan fingerprint density at radius 1 is 1.09 bits per heavy atom. The van der Waals surface area contributed by atoms with Crippen molar-refractivity contribution in [1.29, 1.82) is 0 Å². The first-order valence-corrected chi connectivity index (χ1v) is 7.33. The summed E-state index contributed by atoms with van der Waals surface area (Å²) < 4.78 is 5.95. The van der Waals surface area contributed by atoms with Crippen molar-refractivity contribution >= 4 is 5.71 Å². The van der Waals surface area contributed by atoms with Gasteiger partial charge in [0.2, 0.25) is 11.9 Å². The highest BCUT2D eigenvalue weighted by molar-refractivity contribution is 6.01. The maximum atomic E-state index is 11.0. The van der Waals surface area contributed by atoms with Crippen LogP contribution in [0.1, 0.15) is 23.6 Å². The lowest BCUT2D eigenvalue weighted by molar-refractivity contribution is -0.670. The highest BCUT2D eigenvalue weighted by Gasteiger charge is 2.21. The summed E-state index contributed by atoms with van der Waals surface area (Å²) in [6.07, 6.45) is 2.14. The fourth-order valence-corrected chi connectivity index (χ4v) is 2.66. The highest BCUT2D eigenvalue weighted by Crippen LogP contribution is 2.24. The Morgan fingerprint density at radius 2 is 1.87 bits per heavy atom. The van der Waals surface area contributed by atoms with Crippen LogP contribution in [-0.4, -0.2) is 11.0 Å². The summed E-state index contributed by atoms with van der Waals surface area (Å²) in [5.74, 6) is -0.468. The summed E-state index contributed by atoms with van der Waals surface area (Å²) in [7, 11) is 0. The number of hydrogen-bond acceptors (Lipinski definition) is 5. The lowest BCUT2D eigenvalue weighted by Gasteiger charge is -2.09. The van der Waals surface area contributed by atoms with Crippen LogP contribution in [0.3, 0.4) is 0 Å². The van der Waals surface area contributed by atoms with Crippen LogP contribution < -0.4 is 15.2 Å². The van der Waals surface area contributed by atoms with Crippen molar-refractivity contribution in [3.8, 4) is 11.6 Å². The quantitative estimate of drug-likeness (QED) is 0.743. The molecule has 0 spiro atoms. The first-order chi connectivity index (χ1) is 11.3. The molecule has 1 N–H and O–H groups in total. The minimum atomic E-state index is -0.468. The molecule has 2 aromatic carbocycles. The Morgan fingerprint density at radius 3 is 2.57 bits per heavy atom. The molecular weight excluding hydrogens is 292 g/mol. The molecule has 1 unspecified atom stereocenters. The van der Waals surface area contributed by atoms with Gasteiger partial charge in [0, 0.05) is 18.6 Å². The third-order valence-corrected chi connectivity index (χ3v) is 3.87. The monoisotopic (exact) mass is 306 g/mol. The molecule has 1 aromatic heterocycles. The van der Waals surface area contributed by atoms with Gasteiger partial charge in [-0.25, -0.2) is 0 Å². The molecule has 23 heavy (non-hydrogen) atoms. The summed E-state index contributed by atoms with van der Waals surface area (Å²) >= 11 is 0. The molecule has 0 bridgehead atoms. The molecule has 0 aliphatic carbocycles. The summed E-state index contributed by atoms with van der Waals surface area (Å²) in [6, 6.07) is 18.2. The van der Waals surface area contributed by atoms with E-state index in [0.29, 0.717) is 0 Å². The van der Waals surface area contributed by atoms with Gasteiger partial charge in [-0.3, -0.25) is 0 Å². The van der Waals surface area contributed by atoms with Crippen LogP contribution in [0.15, 0.2) is 70.4 Å². The number of benzene rings is 2. The molecule has 0 saturated carbocycles. The number of aromatic nitrogens is 2. The van der Waals surface area contributed by atoms with E-state index in [1.54, 1.807) is 0 Å². The lowest BCUT2D eigenvalue weighted by Crippen LogP contribution is -2.31. The molecule has 6 heteroatoms. The van der Waals surface area contributed by atoms with Crippen molar-refractivity contribution in [3.63, 3.8) is 0 Å². The number of nitrogens with one attached hydrogen (secondary N) is 1. The predicted molar refractivity (Wildman–Crippen MR) is 81.0 cm³/mol. The van der Waals surface area contributed by atoms with Crippen LogP contribution in [0, 0.1) is 0 Å². The lowest BCUT2D eigenvalue weighted by atomic mass is 9.99. The second kappa shape index (κ2) is 5.57. The Balaban J connectivity index is 1.51. The zero-order chi connectivity index (χ0) is 15.6. The average molecular weight is 306 g/mol. The van der Waals surface area contributed by atoms with Crippen molar-refractivity contribution in [2.45, 2.75) is 12.5 Å². The van der Waals surface area contributed by atoms with Gasteiger partial charge in [-0.15, -0.1) is 0 Å². The van der Waals surface area contributed by atoms with Crippen LogP contribution in [-0.2, 0) is 0 Å². The average Bonchev–Trinajstić information content (AvgIpc) is 3.25. The van der Waals surface area contributed by atoms with Crippen molar-refractivity contribution in [1.82, 2.24) is 10.7 Å². The molecule has 4 rings (SSSR count). The van der Waals surface area contributed by atoms with Crippen LogP contribution >= 0.6 is 0 Å². The number of nitrogens with zero attached hydrogens (tertiary/aromatic N) is 3. The molecule has 2 heterocycles. The summed E-state index contributed by atoms with van der Waals surface area (Å²) in [5, 5.41) is 19.1. The van der Waals surface area contributed by atoms with Crippen molar-refractivity contribution in [2.75, 3.05) is 0 Å². The van der Waals surface area contributed by atoms with Crippen LogP contribution in [0.5, 0.6) is 5.95 Å². The normalized spacial score (nSPS) is 16.9. The van der Waals surface area contributed by atoms with Gasteiger partial charge >= 0.3 is 0 Å². The second-order valence-electron chi connectivity index (χ2n) is 5.37. The maximum Gasteiger partial charge on any atom is 0.239 e. The molecule has 114 valence electrons. The molecule has 0 radical (unpaired) electrons. The van der Waals surface area contributed by atoms with E-state index in [1.165, 1.54) is 16.4 Å². The fraction of sp³-hybridized carbons (Fsp3) is 0.118. The minimum Gasteiger partial charge on any atom is -0.539 e. The van der Waals surface area contributed by atoms with E-state index in [9.17, 15) is 5.11 Å². The molecule has 0 amide bonds. The van der Waals surface area contributed by atoms with Crippen LogP contribution in [0.25, 0.3) is 5.69 Å². The molecule has 1 aliphatic heterocycles. The Labute approximate surface area is 132 Å². The molecule has 0 saturated heterocycles. The third-order valence-electron chi connectivity index (χ3n) is 3.87. The summed E-state index contributed by atoms with van der Waals surface area (Å²) in [5.41, 5.74) is 7.24. The van der Waals surface area contributed by atoms with E-state index < -0.39 is 5.95 Å². The smallest absolute Gasteiger partial charge is 0.239 e. The van der Waals surface area contributed by atoms with Crippen molar-refractivity contribution in [2.24, 2.45) is 5.10 Å². The van der Waals surface area contributed by atoms with E-state index in [2.05, 4.69) is 32.5 Å². The summed E-state index contributed by atoms with van der Waals surface area (Å²) in [6.45, 7) is 0. The second-order valence-corrected chi connectivity index (χ2v) is 5.37. The first kappa shape index (κ1) is 13.5. The number of rotatable bonds is 3. The zero-order valence-corrected chi connectivity index (χ0v) is 12.2. The largest absolute Gasteiger partial charge is 0.539 e. The molecule has 1 aliphatic rings. The van der Waals surface area contributed by atoms with Gasteiger partial charge in [0.15, 0.2) is 0 Å². The molecule has 3 aromatic rings. The summed E-state index contributed by atoms with van der Waals surface area (Å²) in [4.78, 5) is 0. The Kier molecular flexibility index (Phi) is 3.27.